The zero-order valence-electron chi connectivity index (χ0n) is 9.00. The molecule has 0 unspecified atom stereocenters. The van der Waals surface area contributed by atoms with Crippen LogP contribution in [0.3, 0.4) is 0 Å². The van der Waals surface area contributed by atoms with E-state index >= 15 is 0 Å². The molecule has 0 spiro atoms. The Bertz CT molecular complexity index is 545. The van der Waals surface area contributed by atoms with Gasteiger partial charge in [0.15, 0.2) is 0 Å². The predicted molar refractivity (Wildman–Crippen MR) is 71.3 cm³/mol. The summed E-state index contributed by atoms with van der Waals surface area (Å²) in [5.74, 6) is 6.30. The third-order valence-corrected chi connectivity index (χ3v) is 3.17. The molecule has 2 aromatic rings. The van der Waals surface area contributed by atoms with Gasteiger partial charge < -0.3 is 0 Å². The second kappa shape index (κ2) is 5.01. The van der Waals surface area contributed by atoms with Gasteiger partial charge >= 0.3 is 0 Å². The molecule has 1 heteroatoms. The Morgan fingerprint density at radius 2 is 1.56 bits per heavy atom. The quantitative estimate of drug-likeness (QED) is 0.631. The highest BCUT2D eigenvalue weighted by molar-refractivity contribution is 9.10. The van der Waals surface area contributed by atoms with E-state index < -0.39 is 0 Å². The standard InChI is InChI=1S/C15H11Br/c1-12-11-14(9-10-15(12)16)8-7-13-5-3-2-4-6-13/h2-6,9-11H,1H3. The van der Waals surface area contributed by atoms with Crippen LogP contribution >= 0.6 is 15.9 Å². The van der Waals surface area contributed by atoms with Crippen LogP contribution in [-0.4, -0.2) is 0 Å². The summed E-state index contributed by atoms with van der Waals surface area (Å²) in [6.07, 6.45) is 0. The SMILES string of the molecule is Cc1cc(C#Cc2ccccc2)ccc1Br. The fourth-order valence-corrected chi connectivity index (χ4v) is 1.63. The van der Waals surface area contributed by atoms with Crippen molar-refractivity contribution in [3.8, 4) is 11.8 Å². The van der Waals surface area contributed by atoms with Crippen LogP contribution < -0.4 is 0 Å². The van der Waals surface area contributed by atoms with Gasteiger partial charge in [-0.3, -0.25) is 0 Å². The number of benzene rings is 2. The molecule has 0 bridgehead atoms. The molecule has 0 radical (unpaired) electrons. The molecule has 16 heavy (non-hydrogen) atoms. The second-order valence-electron chi connectivity index (χ2n) is 3.58. The molecule has 78 valence electrons. The summed E-state index contributed by atoms with van der Waals surface area (Å²) in [6.45, 7) is 2.07. The Morgan fingerprint density at radius 1 is 0.875 bits per heavy atom. The largest absolute Gasteiger partial charge is 0.0622 e. The Labute approximate surface area is 104 Å². The van der Waals surface area contributed by atoms with Gasteiger partial charge in [-0.1, -0.05) is 46.0 Å². The van der Waals surface area contributed by atoms with E-state index in [1.54, 1.807) is 0 Å². The highest BCUT2D eigenvalue weighted by Gasteiger charge is 1.93. The third-order valence-electron chi connectivity index (χ3n) is 2.28. The zero-order chi connectivity index (χ0) is 11.4. The number of hydrogen-bond acceptors (Lipinski definition) is 0. The van der Waals surface area contributed by atoms with E-state index in [0.29, 0.717) is 0 Å². The minimum atomic E-state index is 1.04. The molecule has 2 rings (SSSR count). The van der Waals surface area contributed by atoms with Gasteiger partial charge in [0.05, 0.1) is 0 Å². The maximum atomic E-state index is 3.48. The predicted octanol–water partition coefficient (Wildman–Crippen LogP) is 4.16. The fraction of sp³-hybridized carbons (Fsp3) is 0.0667. The molecule has 0 atom stereocenters. The smallest absolute Gasteiger partial charge is 0.0252 e. The van der Waals surface area contributed by atoms with E-state index in [1.165, 1.54) is 5.56 Å². The topological polar surface area (TPSA) is 0 Å². The molecular formula is C15H11Br. The van der Waals surface area contributed by atoms with Crippen LogP contribution in [0.5, 0.6) is 0 Å². The monoisotopic (exact) mass is 270 g/mol. The lowest BCUT2D eigenvalue weighted by molar-refractivity contribution is 1.42. The van der Waals surface area contributed by atoms with Gasteiger partial charge in [-0.25, -0.2) is 0 Å². The summed E-state index contributed by atoms with van der Waals surface area (Å²) < 4.78 is 1.12. The zero-order valence-corrected chi connectivity index (χ0v) is 10.6. The molecule has 2 aromatic carbocycles. The van der Waals surface area contributed by atoms with E-state index in [0.717, 1.165) is 15.6 Å². The Morgan fingerprint density at radius 3 is 2.25 bits per heavy atom. The number of aryl methyl sites for hydroxylation is 1. The molecule has 0 fully saturated rings. The molecule has 0 aliphatic carbocycles. The molecule has 0 aromatic heterocycles. The molecule has 0 aliphatic heterocycles. The van der Waals surface area contributed by atoms with Gasteiger partial charge in [-0.15, -0.1) is 0 Å². The first-order valence-electron chi connectivity index (χ1n) is 5.09. The first kappa shape index (κ1) is 11.0. The lowest BCUT2D eigenvalue weighted by atomic mass is 10.1. The van der Waals surface area contributed by atoms with Gasteiger partial charge in [0.25, 0.3) is 0 Å². The van der Waals surface area contributed by atoms with E-state index in [1.807, 2.05) is 42.5 Å². The lowest BCUT2D eigenvalue weighted by Gasteiger charge is -1.97. The van der Waals surface area contributed by atoms with Gasteiger partial charge in [0.2, 0.25) is 0 Å². The number of halogens is 1. The Balaban J connectivity index is 2.28. The third kappa shape index (κ3) is 2.74. The maximum Gasteiger partial charge on any atom is 0.0252 e. The van der Waals surface area contributed by atoms with Gasteiger partial charge in [0.1, 0.15) is 0 Å². The van der Waals surface area contributed by atoms with Crippen LogP contribution in [0, 0.1) is 18.8 Å². The van der Waals surface area contributed by atoms with Gasteiger partial charge in [0, 0.05) is 15.6 Å². The van der Waals surface area contributed by atoms with Crippen LogP contribution in [0.2, 0.25) is 0 Å². The minimum absolute atomic E-state index is 1.04. The lowest BCUT2D eigenvalue weighted by Crippen LogP contribution is -1.79. The van der Waals surface area contributed by atoms with Crippen LogP contribution in [0.25, 0.3) is 0 Å². The van der Waals surface area contributed by atoms with E-state index in [-0.39, 0.29) is 0 Å². The average molecular weight is 271 g/mol. The van der Waals surface area contributed by atoms with Crippen molar-refractivity contribution in [1.29, 1.82) is 0 Å². The van der Waals surface area contributed by atoms with Gasteiger partial charge in [-0.05, 0) is 42.8 Å². The second-order valence-corrected chi connectivity index (χ2v) is 4.43. The van der Waals surface area contributed by atoms with E-state index in [2.05, 4.69) is 40.8 Å². The first-order valence-corrected chi connectivity index (χ1v) is 5.88. The van der Waals surface area contributed by atoms with Crippen molar-refractivity contribution in [2.75, 3.05) is 0 Å². The Kier molecular flexibility index (Phi) is 3.44. The van der Waals surface area contributed by atoms with Crippen molar-refractivity contribution in [1.82, 2.24) is 0 Å². The van der Waals surface area contributed by atoms with Crippen LogP contribution in [0.4, 0.5) is 0 Å². The molecular weight excluding hydrogens is 260 g/mol. The van der Waals surface area contributed by atoms with Crippen molar-refractivity contribution < 1.29 is 0 Å². The molecule has 0 heterocycles. The molecule has 0 saturated carbocycles. The highest BCUT2D eigenvalue weighted by Crippen LogP contribution is 2.16. The van der Waals surface area contributed by atoms with Crippen molar-refractivity contribution in [3.63, 3.8) is 0 Å². The number of rotatable bonds is 0. The summed E-state index contributed by atoms with van der Waals surface area (Å²) in [7, 11) is 0. The Hall–Kier alpha value is -1.52. The van der Waals surface area contributed by atoms with Gasteiger partial charge in [-0.2, -0.15) is 0 Å². The highest BCUT2D eigenvalue weighted by atomic mass is 79.9. The molecule has 0 N–H and O–H groups in total. The molecule has 0 nitrogen and oxygen atoms in total. The minimum Gasteiger partial charge on any atom is -0.0622 e. The van der Waals surface area contributed by atoms with E-state index in [4.69, 9.17) is 0 Å². The van der Waals surface area contributed by atoms with Crippen LogP contribution in [0.1, 0.15) is 16.7 Å². The summed E-state index contributed by atoms with van der Waals surface area (Å²) in [5.41, 5.74) is 3.30. The number of hydrogen-bond donors (Lipinski definition) is 0. The molecule has 0 saturated heterocycles. The molecule has 0 amide bonds. The average Bonchev–Trinajstić information content (AvgIpc) is 2.32. The summed E-state index contributed by atoms with van der Waals surface area (Å²) in [5, 5.41) is 0. The van der Waals surface area contributed by atoms with E-state index in [9.17, 15) is 0 Å². The van der Waals surface area contributed by atoms with Crippen LogP contribution in [-0.2, 0) is 0 Å². The van der Waals surface area contributed by atoms with Crippen molar-refractivity contribution in [2.24, 2.45) is 0 Å². The van der Waals surface area contributed by atoms with Crippen molar-refractivity contribution in [2.45, 2.75) is 6.92 Å². The summed E-state index contributed by atoms with van der Waals surface area (Å²) >= 11 is 3.48. The first-order chi connectivity index (χ1) is 7.75. The summed E-state index contributed by atoms with van der Waals surface area (Å²) in [4.78, 5) is 0. The fourth-order valence-electron chi connectivity index (χ4n) is 1.39. The normalized spacial score (nSPS) is 9.38. The van der Waals surface area contributed by atoms with Crippen molar-refractivity contribution in [3.05, 3.63) is 69.7 Å². The van der Waals surface area contributed by atoms with Crippen LogP contribution in [0.15, 0.2) is 53.0 Å². The van der Waals surface area contributed by atoms with Crippen molar-refractivity contribution >= 4 is 15.9 Å². The molecule has 0 aliphatic rings. The maximum absolute atomic E-state index is 3.48. The summed E-state index contributed by atoms with van der Waals surface area (Å²) in [6, 6.07) is 16.2.